The first kappa shape index (κ1) is 24.5. The SMILES string of the molecule is Cc1cccc(C)c1OCCCCn1c(CCNC(=O)CCc2ccccc2)nc2ccccc21. The van der Waals surface area contributed by atoms with Gasteiger partial charge in [-0.3, -0.25) is 4.79 Å². The van der Waals surface area contributed by atoms with E-state index in [-0.39, 0.29) is 5.91 Å². The largest absolute Gasteiger partial charge is 0.493 e. The van der Waals surface area contributed by atoms with E-state index >= 15 is 0 Å². The van der Waals surface area contributed by atoms with Crippen LogP contribution in [0.25, 0.3) is 11.0 Å². The van der Waals surface area contributed by atoms with Crippen molar-refractivity contribution >= 4 is 16.9 Å². The molecule has 3 aromatic carbocycles. The predicted molar refractivity (Wildman–Crippen MR) is 142 cm³/mol. The zero-order chi connectivity index (χ0) is 24.5. The van der Waals surface area contributed by atoms with Gasteiger partial charge in [0.25, 0.3) is 0 Å². The van der Waals surface area contributed by atoms with Crippen molar-refractivity contribution in [3.05, 3.63) is 95.3 Å². The Morgan fingerprint density at radius 1 is 0.886 bits per heavy atom. The van der Waals surface area contributed by atoms with Gasteiger partial charge in [0.05, 0.1) is 17.6 Å². The molecule has 0 saturated carbocycles. The summed E-state index contributed by atoms with van der Waals surface area (Å²) in [6.45, 7) is 6.35. The number of hydrogen-bond donors (Lipinski definition) is 1. The van der Waals surface area contributed by atoms with Gasteiger partial charge in [0.15, 0.2) is 0 Å². The van der Waals surface area contributed by atoms with Crippen LogP contribution in [-0.2, 0) is 24.2 Å². The second kappa shape index (κ2) is 12.2. The molecule has 5 nitrogen and oxygen atoms in total. The standard InChI is InChI=1S/C30H35N3O2/c1-23-11-10-12-24(2)30(23)35-22-9-8-21-33-27-16-7-6-15-26(27)32-28(33)19-20-31-29(34)18-17-25-13-4-3-5-14-25/h3-7,10-16H,8-9,17-22H2,1-2H3,(H,31,34). The summed E-state index contributed by atoms with van der Waals surface area (Å²) in [5.41, 5.74) is 5.70. The molecule has 35 heavy (non-hydrogen) atoms. The van der Waals surface area contributed by atoms with Crippen molar-refractivity contribution in [3.63, 3.8) is 0 Å². The fourth-order valence-electron chi connectivity index (χ4n) is 4.44. The first-order valence-electron chi connectivity index (χ1n) is 12.6. The number of fused-ring (bicyclic) bond motifs is 1. The summed E-state index contributed by atoms with van der Waals surface area (Å²) in [4.78, 5) is 17.2. The number of hydrogen-bond acceptors (Lipinski definition) is 3. The summed E-state index contributed by atoms with van der Waals surface area (Å²) in [7, 11) is 0. The Labute approximate surface area is 208 Å². The highest BCUT2D eigenvalue weighted by atomic mass is 16.5. The van der Waals surface area contributed by atoms with Crippen molar-refractivity contribution in [1.82, 2.24) is 14.9 Å². The van der Waals surface area contributed by atoms with Crippen molar-refractivity contribution in [2.45, 2.75) is 52.5 Å². The third-order valence-corrected chi connectivity index (χ3v) is 6.32. The van der Waals surface area contributed by atoms with Gasteiger partial charge < -0.3 is 14.6 Å². The minimum Gasteiger partial charge on any atom is -0.493 e. The molecule has 5 heteroatoms. The Kier molecular flexibility index (Phi) is 8.55. The summed E-state index contributed by atoms with van der Waals surface area (Å²) in [6, 6.07) is 24.6. The summed E-state index contributed by atoms with van der Waals surface area (Å²) < 4.78 is 8.37. The summed E-state index contributed by atoms with van der Waals surface area (Å²) in [5, 5.41) is 3.07. The number of amides is 1. The summed E-state index contributed by atoms with van der Waals surface area (Å²) in [6.07, 6.45) is 3.94. The molecule has 0 spiro atoms. The van der Waals surface area contributed by atoms with E-state index < -0.39 is 0 Å². The van der Waals surface area contributed by atoms with Crippen LogP contribution < -0.4 is 10.1 Å². The smallest absolute Gasteiger partial charge is 0.220 e. The summed E-state index contributed by atoms with van der Waals surface area (Å²) >= 11 is 0. The Bertz CT molecular complexity index is 1230. The van der Waals surface area contributed by atoms with Gasteiger partial charge in [-0.2, -0.15) is 0 Å². The number of imidazole rings is 1. The summed E-state index contributed by atoms with van der Waals surface area (Å²) in [5.74, 6) is 2.11. The van der Waals surface area contributed by atoms with Crippen LogP contribution in [0, 0.1) is 13.8 Å². The molecule has 0 bridgehead atoms. The molecule has 0 saturated heterocycles. The molecule has 0 aliphatic heterocycles. The van der Waals surface area contributed by atoms with Gasteiger partial charge >= 0.3 is 0 Å². The maximum Gasteiger partial charge on any atom is 0.220 e. The average Bonchev–Trinajstić information content (AvgIpc) is 3.22. The van der Waals surface area contributed by atoms with E-state index in [2.05, 4.69) is 72.3 Å². The average molecular weight is 470 g/mol. The van der Waals surface area contributed by atoms with E-state index in [1.807, 2.05) is 24.3 Å². The molecule has 0 atom stereocenters. The van der Waals surface area contributed by atoms with Gasteiger partial charge in [0, 0.05) is 25.9 Å². The molecule has 0 radical (unpaired) electrons. The molecular formula is C30H35N3O2. The zero-order valence-corrected chi connectivity index (χ0v) is 20.8. The zero-order valence-electron chi connectivity index (χ0n) is 20.8. The maximum absolute atomic E-state index is 12.3. The minimum atomic E-state index is 0.0835. The molecule has 1 aromatic heterocycles. The number of ether oxygens (including phenoxy) is 1. The third-order valence-electron chi connectivity index (χ3n) is 6.32. The molecule has 1 heterocycles. The Morgan fingerprint density at radius 2 is 1.63 bits per heavy atom. The van der Waals surface area contributed by atoms with Crippen LogP contribution in [0.4, 0.5) is 0 Å². The van der Waals surface area contributed by atoms with Crippen molar-refractivity contribution in [1.29, 1.82) is 0 Å². The Hall–Kier alpha value is -3.60. The number of carbonyl (C=O) groups excluding carboxylic acids is 1. The molecular weight excluding hydrogens is 434 g/mol. The van der Waals surface area contributed by atoms with Crippen LogP contribution in [0.1, 0.15) is 41.8 Å². The number of aromatic nitrogens is 2. The molecule has 182 valence electrons. The molecule has 0 fully saturated rings. The first-order valence-corrected chi connectivity index (χ1v) is 12.6. The lowest BCUT2D eigenvalue weighted by molar-refractivity contribution is -0.121. The quantitative estimate of drug-likeness (QED) is 0.267. The second-order valence-electron chi connectivity index (χ2n) is 9.03. The lowest BCUT2D eigenvalue weighted by Crippen LogP contribution is -2.26. The molecule has 4 rings (SSSR count). The van der Waals surface area contributed by atoms with Gasteiger partial charge in [-0.25, -0.2) is 4.98 Å². The fourth-order valence-corrected chi connectivity index (χ4v) is 4.44. The van der Waals surface area contributed by atoms with Crippen molar-refractivity contribution in [3.8, 4) is 5.75 Å². The van der Waals surface area contributed by atoms with E-state index in [0.29, 0.717) is 26.0 Å². The van der Waals surface area contributed by atoms with E-state index in [9.17, 15) is 4.79 Å². The highest BCUT2D eigenvalue weighted by molar-refractivity contribution is 5.77. The first-order chi connectivity index (χ1) is 17.1. The number of unbranched alkanes of at least 4 members (excludes halogenated alkanes) is 1. The number of rotatable bonds is 12. The Morgan fingerprint density at radius 3 is 2.43 bits per heavy atom. The number of nitrogens with one attached hydrogen (secondary N) is 1. The maximum atomic E-state index is 12.3. The van der Waals surface area contributed by atoms with Crippen molar-refractivity contribution in [2.75, 3.05) is 13.2 Å². The third kappa shape index (κ3) is 6.72. The number of carbonyl (C=O) groups is 1. The molecule has 1 amide bonds. The number of aryl methyl sites for hydroxylation is 4. The lowest BCUT2D eigenvalue weighted by Gasteiger charge is -2.13. The van der Waals surface area contributed by atoms with E-state index in [1.165, 1.54) is 16.7 Å². The van der Waals surface area contributed by atoms with Crippen LogP contribution in [0.5, 0.6) is 5.75 Å². The van der Waals surface area contributed by atoms with Crippen LogP contribution in [0.3, 0.4) is 0 Å². The minimum absolute atomic E-state index is 0.0835. The van der Waals surface area contributed by atoms with E-state index in [1.54, 1.807) is 0 Å². The van der Waals surface area contributed by atoms with E-state index in [4.69, 9.17) is 9.72 Å². The van der Waals surface area contributed by atoms with Crippen LogP contribution in [0.2, 0.25) is 0 Å². The predicted octanol–water partition coefficient (Wildman–Crippen LogP) is 5.80. The monoisotopic (exact) mass is 469 g/mol. The van der Waals surface area contributed by atoms with Crippen molar-refractivity contribution < 1.29 is 9.53 Å². The van der Waals surface area contributed by atoms with Crippen LogP contribution >= 0.6 is 0 Å². The molecule has 0 unspecified atom stereocenters. The number of benzene rings is 3. The molecule has 4 aromatic rings. The molecule has 1 N–H and O–H groups in total. The Balaban J connectivity index is 1.28. The van der Waals surface area contributed by atoms with E-state index in [0.717, 1.165) is 48.4 Å². The lowest BCUT2D eigenvalue weighted by atomic mass is 10.1. The topological polar surface area (TPSA) is 56.1 Å². The molecule has 0 aliphatic carbocycles. The molecule has 0 aliphatic rings. The fraction of sp³-hybridized carbons (Fsp3) is 0.333. The van der Waals surface area contributed by atoms with Gasteiger partial charge in [-0.05, 0) is 61.9 Å². The normalized spacial score (nSPS) is 11.0. The van der Waals surface area contributed by atoms with Crippen molar-refractivity contribution in [2.24, 2.45) is 0 Å². The number of para-hydroxylation sites is 3. The van der Waals surface area contributed by atoms with Gasteiger partial charge in [0.1, 0.15) is 11.6 Å². The second-order valence-corrected chi connectivity index (χ2v) is 9.03. The van der Waals surface area contributed by atoms with Gasteiger partial charge in [-0.1, -0.05) is 60.7 Å². The number of nitrogens with zero attached hydrogens (tertiary/aromatic N) is 2. The van der Waals surface area contributed by atoms with Crippen LogP contribution in [-0.4, -0.2) is 28.6 Å². The highest BCUT2D eigenvalue weighted by Crippen LogP contribution is 2.23. The van der Waals surface area contributed by atoms with Gasteiger partial charge in [0.2, 0.25) is 5.91 Å². The highest BCUT2D eigenvalue weighted by Gasteiger charge is 2.11. The van der Waals surface area contributed by atoms with Gasteiger partial charge in [-0.15, -0.1) is 0 Å². The van der Waals surface area contributed by atoms with Crippen LogP contribution in [0.15, 0.2) is 72.8 Å².